The third kappa shape index (κ3) is 7.78. The lowest BCUT2D eigenvalue weighted by Crippen LogP contribution is -2.19. The number of nitrogens with one attached hydrogen (secondary N) is 1. The molecule has 0 radical (unpaired) electrons. The normalized spacial score (nSPS) is 10.7. The molecule has 0 atom stereocenters. The number of hydrazone groups is 1. The summed E-state index contributed by atoms with van der Waals surface area (Å²) in [7, 11) is 1.44. The fourth-order valence-electron chi connectivity index (χ4n) is 2.18. The molecule has 0 bridgehead atoms. The molecule has 0 aliphatic heterocycles. The predicted molar refractivity (Wildman–Crippen MR) is 118 cm³/mol. The van der Waals surface area contributed by atoms with Crippen LogP contribution in [-0.4, -0.2) is 44.2 Å². The van der Waals surface area contributed by atoms with Crippen molar-refractivity contribution in [2.75, 3.05) is 26.1 Å². The molecule has 7 nitrogen and oxygen atoms in total. The van der Waals surface area contributed by atoms with Gasteiger partial charge in [0.05, 0.1) is 30.7 Å². The highest BCUT2D eigenvalue weighted by Gasteiger charge is 2.14. The number of ether oxygens (including phenoxy) is 3. The Morgan fingerprint density at radius 2 is 1.93 bits per heavy atom. The minimum absolute atomic E-state index is 0.198. The number of amides is 1. The van der Waals surface area contributed by atoms with Crippen LogP contribution in [-0.2, 0) is 14.3 Å². The van der Waals surface area contributed by atoms with Crippen LogP contribution < -0.4 is 14.9 Å². The molecule has 10 heteroatoms. The number of nitrogens with zero attached hydrogens (tertiary/aromatic N) is 1. The third-order valence-corrected chi connectivity index (χ3v) is 5.02. The van der Waals surface area contributed by atoms with Crippen LogP contribution >= 0.6 is 35.0 Å². The number of esters is 1. The van der Waals surface area contributed by atoms with E-state index in [-0.39, 0.29) is 35.6 Å². The summed E-state index contributed by atoms with van der Waals surface area (Å²) in [5.74, 6) is -0.0475. The van der Waals surface area contributed by atoms with Crippen LogP contribution in [0.15, 0.2) is 46.4 Å². The number of rotatable bonds is 10. The molecule has 1 amide bonds. The van der Waals surface area contributed by atoms with E-state index in [0.29, 0.717) is 16.3 Å². The van der Waals surface area contributed by atoms with Crippen LogP contribution in [0.2, 0.25) is 10.0 Å². The number of hydrogen-bond donors (Lipinski definition) is 1. The number of carbonyl (C=O) groups excluding carboxylic acids is 2. The quantitative estimate of drug-likeness (QED) is 0.242. The molecule has 0 aliphatic rings. The molecule has 160 valence electrons. The summed E-state index contributed by atoms with van der Waals surface area (Å²) < 4.78 is 15.5. The maximum absolute atomic E-state index is 11.9. The predicted octanol–water partition coefficient (Wildman–Crippen LogP) is 4.19. The smallest absolute Gasteiger partial charge is 0.344 e. The molecule has 0 aliphatic carbocycles. The summed E-state index contributed by atoms with van der Waals surface area (Å²) in [6.07, 6.45) is 1.42. The van der Waals surface area contributed by atoms with Crippen molar-refractivity contribution in [1.82, 2.24) is 5.43 Å². The SMILES string of the molecule is CCOC(=O)COc1c(Cl)cc(/C=N\NC(=O)CSc2ccc(Cl)cc2)cc1OC. The summed E-state index contributed by atoms with van der Waals surface area (Å²) in [5, 5.41) is 4.79. The lowest BCUT2D eigenvalue weighted by molar-refractivity contribution is -0.145. The zero-order chi connectivity index (χ0) is 21.9. The molecule has 0 saturated heterocycles. The summed E-state index contributed by atoms with van der Waals surface area (Å²) in [5.41, 5.74) is 3.02. The van der Waals surface area contributed by atoms with Gasteiger partial charge in [-0.2, -0.15) is 5.10 Å². The number of carbonyl (C=O) groups is 2. The van der Waals surface area contributed by atoms with Gasteiger partial charge in [0.15, 0.2) is 18.1 Å². The first-order valence-electron chi connectivity index (χ1n) is 8.79. The maximum Gasteiger partial charge on any atom is 0.344 e. The zero-order valence-corrected chi connectivity index (χ0v) is 18.6. The summed E-state index contributed by atoms with van der Waals surface area (Å²) in [4.78, 5) is 24.3. The zero-order valence-electron chi connectivity index (χ0n) is 16.3. The van der Waals surface area contributed by atoms with E-state index in [1.807, 2.05) is 12.1 Å². The lowest BCUT2D eigenvalue weighted by atomic mass is 10.2. The van der Waals surface area contributed by atoms with Crippen molar-refractivity contribution in [3.8, 4) is 11.5 Å². The van der Waals surface area contributed by atoms with Gasteiger partial charge in [0.25, 0.3) is 0 Å². The number of thioether (sulfide) groups is 1. The van der Waals surface area contributed by atoms with E-state index in [0.717, 1.165) is 4.90 Å². The van der Waals surface area contributed by atoms with Crippen LogP contribution in [0.5, 0.6) is 11.5 Å². The Labute approximate surface area is 188 Å². The summed E-state index contributed by atoms with van der Waals surface area (Å²) >= 11 is 13.4. The number of methoxy groups -OCH3 is 1. The van der Waals surface area contributed by atoms with E-state index < -0.39 is 5.97 Å². The Bertz CT molecular complexity index is 907. The van der Waals surface area contributed by atoms with Crippen LogP contribution in [0.25, 0.3) is 0 Å². The van der Waals surface area contributed by atoms with Crippen molar-refractivity contribution in [1.29, 1.82) is 0 Å². The van der Waals surface area contributed by atoms with Gasteiger partial charge in [-0.1, -0.05) is 23.2 Å². The highest BCUT2D eigenvalue weighted by Crippen LogP contribution is 2.36. The standard InChI is InChI=1S/C20H20Cl2N2O5S/c1-3-28-19(26)11-29-20-16(22)8-13(9-17(20)27-2)10-23-24-18(25)12-30-15-6-4-14(21)5-7-15/h4-10H,3,11-12H2,1-2H3,(H,24,25)/b23-10-. The second kappa shape index (κ2) is 12.3. The van der Waals surface area contributed by atoms with Gasteiger partial charge in [0.1, 0.15) is 0 Å². The van der Waals surface area contributed by atoms with Gasteiger partial charge < -0.3 is 14.2 Å². The molecule has 2 rings (SSSR count). The molecular formula is C20H20Cl2N2O5S. The number of benzene rings is 2. The Morgan fingerprint density at radius 1 is 1.20 bits per heavy atom. The lowest BCUT2D eigenvalue weighted by Gasteiger charge is -2.12. The molecule has 2 aromatic carbocycles. The molecule has 30 heavy (non-hydrogen) atoms. The molecule has 0 aromatic heterocycles. The molecule has 0 fully saturated rings. The Balaban J connectivity index is 1.92. The van der Waals surface area contributed by atoms with Crippen LogP contribution in [0, 0.1) is 0 Å². The molecule has 0 unspecified atom stereocenters. The van der Waals surface area contributed by atoms with Gasteiger partial charge >= 0.3 is 5.97 Å². The van der Waals surface area contributed by atoms with Crippen molar-refractivity contribution in [2.45, 2.75) is 11.8 Å². The fraction of sp³-hybridized carbons (Fsp3) is 0.250. The van der Waals surface area contributed by atoms with Crippen LogP contribution in [0.1, 0.15) is 12.5 Å². The molecule has 1 N–H and O–H groups in total. The first-order chi connectivity index (χ1) is 14.4. The van der Waals surface area contributed by atoms with Crippen molar-refractivity contribution < 1.29 is 23.8 Å². The van der Waals surface area contributed by atoms with Crippen LogP contribution in [0.3, 0.4) is 0 Å². The van der Waals surface area contributed by atoms with Crippen molar-refractivity contribution in [2.24, 2.45) is 5.10 Å². The average molecular weight is 471 g/mol. The number of hydrogen-bond acceptors (Lipinski definition) is 7. The second-order valence-corrected chi connectivity index (χ2v) is 7.56. The first kappa shape index (κ1) is 23.9. The first-order valence-corrected chi connectivity index (χ1v) is 10.5. The fourth-order valence-corrected chi connectivity index (χ4v) is 3.27. The third-order valence-electron chi connectivity index (χ3n) is 3.48. The minimum atomic E-state index is -0.513. The van der Waals surface area contributed by atoms with E-state index in [1.54, 1.807) is 31.2 Å². The van der Waals surface area contributed by atoms with E-state index in [4.69, 9.17) is 37.4 Å². The average Bonchev–Trinajstić information content (AvgIpc) is 2.72. The van der Waals surface area contributed by atoms with Gasteiger partial charge in [-0.3, -0.25) is 4.79 Å². The van der Waals surface area contributed by atoms with Crippen molar-refractivity contribution >= 4 is 53.1 Å². The topological polar surface area (TPSA) is 86.2 Å². The van der Waals surface area contributed by atoms with Crippen LogP contribution in [0.4, 0.5) is 0 Å². The van der Waals surface area contributed by atoms with E-state index in [9.17, 15) is 9.59 Å². The highest BCUT2D eigenvalue weighted by atomic mass is 35.5. The van der Waals surface area contributed by atoms with Gasteiger partial charge in [0.2, 0.25) is 5.91 Å². The van der Waals surface area contributed by atoms with Gasteiger partial charge in [-0.25, -0.2) is 10.2 Å². The summed E-state index contributed by atoms with van der Waals surface area (Å²) in [6.45, 7) is 1.67. The maximum atomic E-state index is 11.9. The van der Waals surface area contributed by atoms with E-state index in [1.165, 1.54) is 25.1 Å². The van der Waals surface area contributed by atoms with Crippen molar-refractivity contribution in [3.63, 3.8) is 0 Å². The Kier molecular flexibility index (Phi) is 9.79. The molecule has 0 spiro atoms. The van der Waals surface area contributed by atoms with Gasteiger partial charge in [-0.15, -0.1) is 11.8 Å². The van der Waals surface area contributed by atoms with E-state index in [2.05, 4.69) is 10.5 Å². The minimum Gasteiger partial charge on any atom is -0.493 e. The van der Waals surface area contributed by atoms with Gasteiger partial charge in [0, 0.05) is 9.92 Å². The largest absolute Gasteiger partial charge is 0.493 e. The number of halogens is 2. The van der Waals surface area contributed by atoms with E-state index >= 15 is 0 Å². The second-order valence-electron chi connectivity index (χ2n) is 5.66. The Hall–Kier alpha value is -2.42. The molecule has 0 saturated carbocycles. The van der Waals surface area contributed by atoms with Crippen molar-refractivity contribution in [3.05, 3.63) is 52.0 Å². The highest BCUT2D eigenvalue weighted by molar-refractivity contribution is 8.00. The monoisotopic (exact) mass is 470 g/mol. The molecule has 2 aromatic rings. The Morgan fingerprint density at radius 3 is 2.60 bits per heavy atom. The van der Waals surface area contributed by atoms with Gasteiger partial charge in [-0.05, 0) is 48.9 Å². The molecular weight excluding hydrogens is 451 g/mol. The summed E-state index contributed by atoms with van der Waals surface area (Å²) in [6, 6.07) is 10.4. The molecule has 0 heterocycles.